The Labute approximate surface area is 107 Å². The van der Waals surface area contributed by atoms with Crippen molar-refractivity contribution in [3.63, 3.8) is 0 Å². The fourth-order valence-electron chi connectivity index (χ4n) is 1.46. The molecule has 0 aliphatic carbocycles. The van der Waals surface area contributed by atoms with E-state index >= 15 is 0 Å². The number of aryl methyl sites for hydroxylation is 1. The van der Waals surface area contributed by atoms with Crippen molar-refractivity contribution in [3.05, 3.63) is 41.6 Å². The van der Waals surface area contributed by atoms with Gasteiger partial charge in [0.15, 0.2) is 17.5 Å². The molecule has 94 valence electrons. The molecule has 1 heterocycles. The van der Waals surface area contributed by atoms with Gasteiger partial charge in [-0.2, -0.15) is 5.10 Å². The van der Waals surface area contributed by atoms with Crippen LogP contribution in [0.4, 0.5) is 20.3 Å². The third kappa shape index (κ3) is 2.30. The zero-order valence-electron chi connectivity index (χ0n) is 9.45. The zero-order valence-corrected chi connectivity index (χ0v) is 10.3. The second-order valence-electron chi connectivity index (χ2n) is 3.65. The normalized spacial score (nSPS) is 10.4. The average Bonchev–Trinajstić information content (AvgIpc) is 2.70. The molecule has 0 fully saturated rings. The van der Waals surface area contributed by atoms with E-state index in [1.54, 1.807) is 24.0 Å². The predicted octanol–water partition coefficient (Wildman–Crippen LogP) is 2.08. The highest BCUT2D eigenvalue weighted by molar-refractivity contribution is 7.80. The Morgan fingerprint density at radius 2 is 2.06 bits per heavy atom. The van der Waals surface area contributed by atoms with Crippen molar-refractivity contribution >= 4 is 28.7 Å². The number of halogens is 2. The third-order valence-electron chi connectivity index (χ3n) is 2.32. The van der Waals surface area contributed by atoms with Gasteiger partial charge in [0, 0.05) is 24.9 Å². The molecule has 3 N–H and O–H groups in total. The van der Waals surface area contributed by atoms with E-state index in [2.05, 4.69) is 22.6 Å². The van der Waals surface area contributed by atoms with Crippen LogP contribution in [0.3, 0.4) is 0 Å². The third-order valence-corrected chi connectivity index (χ3v) is 2.54. The number of aromatic nitrogens is 2. The topological polar surface area (TPSA) is 55.9 Å². The molecule has 0 atom stereocenters. The molecule has 0 unspecified atom stereocenters. The molecule has 0 spiro atoms. The van der Waals surface area contributed by atoms with E-state index in [0.717, 1.165) is 0 Å². The summed E-state index contributed by atoms with van der Waals surface area (Å²) < 4.78 is 28.9. The monoisotopic (exact) mass is 268 g/mol. The molecule has 4 nitrogen and oxygen atoms in total. The second-order valence-corrected chi connectivity index (χ2v) is 4.09. The van der Waals surface area contributed by atoms with Gasteiger partial charge in [-0.15, -0.1) is 0 Å². The Morgan fingerprint density at radius 3 is 2.61 bits per heavy atom. The second kappa shape index (κ2) is 4.69. The summed E-state index contributed by atoms with van der Waals surface area (Å²) in [7, 11) is 1.72. The quantitative estimate of drug-likeness (QED) is 0.837. The van der Waals surface area contributed by atoms with Crippen molar-refractivity contribution in [2.24, 2.45) is 12.8 Å². The van der Waals surface area contributed by atoms with Crippen LogP contribution in [0.15, 0.2) is 24.4 Å². The van der Waals surface area contributed by atoms with Gasteiger partial charge < -0.3 is 11.1 Å². The molecule has 0 bridgehead atoms. The van der Waals surface area contributed by atoms with Gasteiger partial charge in [0.2, 0.25) is 0 Å². The smallest absolute Gasteiger partial charge is 0.182 e. The Bertz CT molecular complexity index is 609. The summed E-state index contributed by atoms with van der Waals surface area (Å²) in [5.41, 5.74) is 5.14. The van der Waals surface area contributed by atoms with Gasteiger partial charge in [0.1, 0.15) is 4.99 Å². The molecule has 0 saturated carbocycles. The number of hydrogen-bond acceptors (Lipinski definition) is 3. The van der Waals surface area contributed by atoms with Crippen molar-refractivity contribution in [2.75, 3.05) is 5.32 Å². The van der Waals surface area contributed by atoms with E-state index in [4.69, 9.17) is 5.73 Å². The van der Waals surface area contributed by atoms with E-state index in [9.17, 15) is 8.78 Å². The Hall–Kier alpha value is -2.02. The molecule has 2 aromatic rings. The first-order valence-electron chi connectivity index (χ1n) is 5.03. The largest absolute Gasteiger partial charge is 0.389 e. The van der Waals surface area contributed by atoms with E-state index in [1.165, 1.54) is 12.1 Å². The molecule has 18 heavy (non-hydrogen) atoms. The summed E-state index contributed by atoms with van der Waals surface area (Å²) in [5, 5.41) is 6.67. The minimum Gasteiger partial charge on any atom is -0.389 e. The lowest BCUT2D eigenvalue weighted by molar-refractivity contribution is 0.510. The van der Waals surface area contributed by atoms with Gasteiger partial charge in [-0.3, -0.25) is 4.68 Å². The SMILES string of the molecule is Cn1ccc(Nc2ccc(C(N)=S)c(F)c2F)n1. The maximum atomic E-state index is 13.7. The number of nitrogens with two attached hydrogens (primary N) is 1. The fraction of sp³-hybridized carbons (Fsp3) is 0.0909. The Morgan fingerprint density at radius 1 is 1.33 bits per heavy atom. The summed E-state index contributed by atoms with van der Waals surface area (Å²) in [5.74, 6) is -1.69. The van der Waals surface area contributed by atoms with Crippen LogP contribution >= 0.6 is 12.2 Å². The van der Waals surface area contributed by atoms with Crippen LogP contribution in [0.2, 0.25) is 0 Å². The lowest BCUT2D eigenvalue weighted by Crippen LogP contribution is -2.13. The molecule has 0 saturated heterocycles. The van der Waals surface area contributed by atoms with Gasteiger partial charge in [-0.05, 0) is 12.1 Å². The maximum absolute atomic E-state index is 13.7. The van der Waals surface area contributed by atoms with Crippen LogP contribution in [0.1, 0.15) is 5.56 Å². The van der Waals surface area contributed by atoms with Crippen molar-refractivity contribution in [1.29, 1.82) is 0 Å². The predicted molar refractivity (Wildman–Crippen MR) is 68.7 cm³/mol. The van der Waals surface area contributed by atoms with Crippen LogP contribution in [0.5, 0.6) is 0 Å². The molecule has 0 aliphatic rings. The molecule has 2 rings (SSSR count). The minimum atomic E-state index is -1.07. The first-order valence-corrected chi connectivity index (χ1v) is 5.44. The molecule has 7 heteroatoms. The zero-order chi connectivity index (χ0) is 13.3. The molecular formula is C11H10F2N4S. The molecule has 0 aliphatic heterocycles. The first-order chi connectivity index (χ1) is 8.49. The highest BCUT2D eigenvalue weighted by Crippen LogP contribution is 2.23. The van der Waals surface area contributed by atoms with E-state index in [1.807, 2.05) is 0 Å². The average molecular weight is 268 g/mol. The van der Waals surface area contributed by atoms with E-state index < -0.39 is 11.6 Å². The molecule has 1 aromatic carbocycles. The van der Waals surface area contributed by atoms with Crippen molar-refractivity contribution in [2.45, 2.75) is 0 Å². The summed E-state index contributed by atoms with van der Waals surface area (Å²) in [4.78, 5) is -0.184. The van der Waals surface area contributed by atoms with E-state index in [0.29, 0.717) is 5.82 Å². The lowest BCUT2D eigenvalue weighted by Gasteiger charge is -2.08. The number of anilines is 2. The lowest BCUT2D eigenvalue weighted by atomic mass is 10.2. The van der Waals surface area contributed by atoms with E-state index in [-0.39, 0.29) is 16.2 Å². The summed E-state index contributed by atoms with van der Waals surface area (Å²) in [6.45, 7) is 0. The molecule has 0 amide bonds. The van der Waals surface area contributed by atoms with Crippen LogP contribution in [0, 0.1) is 11.6 Å². The number of nitrogens with zero attached hydrogens (tertiary/aromatic N) is 2. The number of benzene rings is 1. The summed E-state index contributed by atoms with van der Waals surface area (Å²) in [6, 6.07) is 4.33. The number of rotatable bonds is 3. The standard InChI is InChI=1S/C11H10F2N4S/c1-17-5-4-8(16-17)15-7-3-2-6(11(14)18)9(12)10(7)13/h2-5H,1H3,(H2,14,18)(H,15,16). The van der Waals surface area contributed by atoms with Crippen LogP contribution < -0.4 is 11.1 Å². The fourth-order valence-corrected chi connectivity index (χ4v) is 1.61. The maximum Gasteiger partial charge on any atom is 0.182 e. The van der Waals surface area contributed by atoms with Gasteiger partial charge in [-0.25, -0.2) is 8.78 Å². The Balaban J connectivity index is 2.35. The number of thiocarbonyl (C=S) groups is 1. The van der Waals surface area contributed by atoms with Crippen LogP contribution in [0.25, 0.3) is 0 Å². The van der Waals surface area contributed by atoms with Gasteiger partial charge in [0.25, 0.3) is 0 Å². The summed E-state index contributed by atoms with van der Waals surface area (Å²) in [6.07, 6.45) is 1.68. The summed E-state index contributed by atoms with van der Waals surface area (Å²) >= 11 is 4.62. The van der Waals surface area contributed by atoms with Gasteiger partial charge in [0.05, 0.1) is 5.69 Å². The van der Waals surface area contributed by atoms with Crippen molar-refractivity contribution < 1.29 is 8.78 Å². The number of hydrogen-bond donors (Lipinski definition) is 2. The molecule has 1 aromatic heterocycles. The Kier molecular flexibility index (Phi) is 3.24. The number of nitrogens with one attached hydrogen (secondary N) is 1. The highest BCUT2D eigenvalue weighted by Gasteiger charge is 2.15. The van der Waals surface area contributed by atoms with Crippen LogP contribution in [-0.2, 0) is 7.05 Å². The van der Waals surface area contributed by atoms with Gasteiger partial charge in [-0.1, -0.05) is 12.2 Å². The first kappa shape index (κ1) is 12.4. The van der Waals surface area contributed by atoms with Gasteiger partial charge >= 0.3 is 0 Å². The minimum absolute atomic E-state index is 0.0220. The van der Waals surface area contributed by atoms with Crippen molar-refractivity contribution in [3.8, 4) is 0 Å². The molecule has 0 radical (unpaired) electrons. The van der Waals surface area contributed by atoms with Crippen LogP contribution in [-0.4, -0.2) is 14.8 Å². The highest BCUT2D eigenvalue weighted by atomic mass is 32.1. The molecular weight excluding hydrogens is 258 g/mol. The van der Waals surface area contributed by atoms with Crippen molar-refractivity contribution in [1.82, 2.24) is 9.78 Å².